The minimum Gasteiger partial charge on any atom is -0.507 e. The molecule has 3 aromatic carbocycles. The summed E-state index contributed by atoms with van der Waals surface area (Å²) >= 11 is 5.93. The van der Waals surface area contributed by atoms with Gasteiger partial charge in [-0.2, -0.15) is 0 Å². The number of aliphatic hydroxyl groups is 1. The van der Waals surface area contributed by atoms with Crippen LogP contribution in [-0.4, -0.2) is 27.6 Å². The van der Waals surface area contributed by atoms with Gasteiger partial charge in [0.1, 0.15) is 5.76 Å². The number of nitrogens with one attached hydrogen (secondary N) is 1. The van der Waals surface area contributed by atoms with Crippen molar-refractivity contribution < 1.29 is 24.4 Å². The molecule has 0 radical (unpaired) electrons. The molecule has 35 heavy (non-hydrogen) atoms. The predicted octanol–water partition coefficient (Wildman–Crippen LogP) is 4.83. The summed E-state index contributed by atoms with van der Waals surface area (Å²) in [6, 6.07) is 16.6. The fraction of sp³-hybridized carbons (Fsp3) is 0.0800. The fourth-order valence-electron chi connectivity index (χ4n) is 3.89. The number of nitrogens with zero attached hydrogens (tertiary/aromatic N) is 2. The number of benzene rings is 3. The second-order valence-electron chi connectivity index (χ2n) is 7.76. The van der Waals surface area contributed by atoms with E-state index in [1.165, 1.54) is 72.5 Å². The molecule has 0 spiro atoms. The van der Waals surface area contributed by atoms with Crippen LogP contribution in [0.5, 0.6) is 0 Å². The Bertz CT molecular complexity index is 1380. The SMILES string of the molecule is CC(=O)Nc1ccc(N2C(=O)C(=O)/C(=C(/O)c3ccc(Cl)cc3)[C@@H]2c2cccc([N+](=O)[O-])c2)cc1. The molecule has 1 fully saturated rings. The van der Waals surface area contributed by atoms with E-state index in [4.69, 9.17) is 11.6 Å². The maximum atomic E-state index is 13.2. The Balaban J connectivity index is 1.90. The fourth-order valence-corrected chi connectivity index (χ4v) is 4.02. The van der Waals surface area contributed by atoms with Crippen LogP contribution in [0.3, 0.4) is 0 Å². The molecule has 1 heterocycles. The molecule has 10 heteroatoms. The van der Waals surface area contributed by atoms with Gasteiger partial charge in [-0.1, -0.05) is 23.7 Å². The lowest BCUT2D eigenvalue weighted by Gasteiger charge is -2.25. The third-order valence-electron chi connectivity index (χ3n) is 5.42. The van der Waals surface area contributed by atoms with Gasteiger partial charge in [0.05, 0.1) is 16.5 Å². The van der Waals surface area contributed by atoms with Crippen LogP contribution in [0.1, 0.15) is 24.1 Å². The molecule has 0 aliphatic carbocycles. The number of carbonyl (C=O) groups is 3. The van der Waals surface area contributed by atoms with Crippen molar-refractivity contribution >= 4 is 52.0 Å². The van der Waals surface area contributed by atoms with Crippen molar-refractivity contribution in [3.63, 3.8) is 0 Å². The molecular formula is C25H18ClN3O6. The second kappa shape index (κ2) is 9.40. The summed E-state index contributed by atoms with van der Waals surface area (Å²) in [7, 11) is 0. The third-order valence-corrected chi connectivity index (χ3v) is 5.68. The van der Waals surface area contributed by atoms with Gasteiger partial charge in [0.2, 0.25) is 5.91 Å². The van der Waals surface area contributed by atoms with E-state index in [2.05, 4.69) is 5.32 Å². The number of nitro benzene ring substituents is 1. The number of ketones is 1. The number of anilines is 2. The van der Waals surface area contributed by atoms with E-state index >= 15 is 0 Å². The number of nitro groups is 1. The van der Waals surface area contributed by atoms with Crippen LogP contribution in [-0.2, 0) is 14.4 Å². The lowest BCUT2D eigenvalue weighted by atomic mass is 9.95. The van der Waals surface area contributed by atoms with Crippen LogP contribution in [0, 0.1) is 10.1 Å². The lowest BCUT2D eigenvalue weighted by molar-refractivity contribution is -0.384. The van der Waals surface area contributed by atoms with Crippen LogP contribution >= 0.6 is 11.6 Å². The van der Waals surface area contributed by atoms with Crippen molar-refractivity contribution in [2.45, 2.75) is 13.0 Å². The Labute approximate surface area is 204 Å². The summed E-state index contributed by atoms with van der Waals surface area (Å²) in [5.74, 6) is -2.57. The van der Waals surface area contributed by atoms with Crippen molar-refractivity contribution in [2.75, 3.05) is 10.2 Å². The molecule has 1 atom stereocenters. The van der Waals surface area contributed by atoms with E-state index in [9.17, 15) is 29.6 Å². The van der Waals surface area contributed by atoms with Gasteiger partial charge in [0.25, 0.3) is 17.4 Å². The quantitative estimate of drug-likeness (QED) is 0.173. The Morgan fingerprint density at radius 2 is 1.71 bits per heavy atom. The molecule has 2 N–H and O–H groups in total. The van der Waals surface area contributed by atoms with E-state index < -0.39 is 28.4 Å². The molecular weight excluding hydrogens is 474 g/mol. The zero-order valence-corrected chi connectivity index (χ0v) is 19.0. The van der Waals surface area contributed by atoms with Crippen LogP contribution in [0.4, 0.5) is 17.1 Å². The summed E-state index contributed by atoms with van der Waals surface area (Å²) in [5, 5.41) is 25.5. The Hall–Kier alpha value is -4.50. The summed E-state index contributed by atoms with van der Waals surface area (Å²) in [6.07, 6.45) is 0. The third kappa shape index (κ3) is 4.62. The van der Waals surface area contributed by atoms with Gasteiger partial charge in [-0.05, 0) is 54.1 Å². The van der Waals surface area contributed by atoms with E-state index in [0.717, 1.165) is 0 Å². The van der Waals surface area contributed by atoms with Crippen molar-refractivity contribution in [1.82, 2.24) is 0 Å². The predicted molar refractivity (Wildman–Crippen MR) is 130 cm³/mol. The maximum Gasteiger partial charge on any atom is 0.300 e. The highest BCUT2D eigenvalue weighted by Crippen LogP contribution is 2.43. The molecule has 9 nitrogen and oxygen atoms in total. The molecule has 0 aromatic heterocycles. The average Bonchev–Trinajstić information content (AvgIpc) is 3.10. The molecule has 0 unspecified atom stereocenters. The molecule has 0 bridgehead atoms. The number of Topliss-reactive ketones (excluding diaryl/α,β-unsaturated/α-hetero) is 1. The minimum absolute atomic E-state index is 0.219. The molecule has 0 saturated carbocycles. The standard InChI is InChI=1S/C25H18ClN3O6/c1-14(30)27-18-9-11-19(12-10-18)28-22(16-3-2-4-20(13-16)29(34)35)21(24(32)25(28)33)23(31)15-5-7-17(26)8-6-15/h2-13,22,31H,1H3,(H,27,30)/b23-21+/t22-/m0/s1. The van der Waals surface area contributed by atoms with Gasteiger partial charge < -0.3 is 10.4 Å². The molecule has 176 valence electrons. The number of halogens is 1. The Kier molecular flexibility index (Phi) is 6.35. The Morgan fingerprint density at radius 3 is 2.31 bits per heavy atom. The number of hydrogen-bond donors (Lipinski definition) is 2. The molecule has 4 rings (SSSR count). The highest BCUT2D eigenvalue weighted by Gasteiger charge is 2.47. The Morgan fingerprint density at radius 1 is 1.06 bits per heavy atom. The molecule has 1 saturated heterocycles. The zero-order valence-electron chi connectivity index (χ0n) is 18.3. The topological polar surface area (TPSA) is 130 Å². The number of amides is 2. The normalized spacial score (nSPS) is 16.9. The number of hydrogen-bond acceptors (Lipinski definition) is 6. The van der Waals surface area contributed by atoms with Crippen molar-refractivity contribution in [1.29, 1.82) is 0 Å². The largest absolute Gasteiger partial charge is 0.507 e. The van der Waals surface area contributed by atoms with Gasteiger partial charge in [0, 0.05) is 41.0 Å². The number of aliphatic hydroxyl groups excluding tert-OH is 1. The number of non-ortho nitro benzene ring substituents is 1. The average molecular weight is 492 g/mol. The van der Waals surface area contributed by atoms with Crippen LogP contribution in [0.25, 0.3) is 5.76 Å². The van der Waals surface area contributed by atoms with Gasteiger partial charge in [0.15, 0.2) is 0 Å². The van der Waals surface area contributed by atoms with Crippen molar-refractivity contribution in [2.24, 2.45) is 0 Å². The smallest absolute Gasteiger partial charge is 0.300 e. The van der Waals surface area contributed by atoms with Gasteiger partial charge in [-0.15, -0.1) is 0 Å². The highest BCUT2D eigenvalue weighted by molar-refractivity contribution is 6.51. The molecule has 2 amide bonds. The molecule has 1 aliphatic heterocycles. The van der Waals surface area contributed by atoms with Crippen molar-refractivity contribution in [3.05, 3.63) is 105 Å². The van der Waals surface area contributed by atoms with Crippen LogP contribution < -0.4 is 10.2 Å². The summed E-state index contributed by atoms with van der Waals surface area (Å²) < 4.78 is 0. The van der Waals surface area contributed by atoms with E-state index in [1.807, 2.05) is 0 Å². The first-order valence-electron chi connectivity index (χ1n) is 10.4. The minimum atomic E-state index is -1.14. The summed E-state index contributed by atoms with van der Waals surface area (Å²) in [5.41, 5.74) is 0.840. The monoisotopic (exact) mass is 491 g/mol. The molecule has 1 aliphatic rings. The lowest BCUT2D eigenvalue weighted by Crippen LogP contribution is -2.29. The van der Waals surface area contributed by atoms with Crippen LogP contribution in [0.15, 0.2) is 78.4 Å². The van der Waals surface area contributed by atoms with E-state index in [-0.39, 0.29) is 28.3 Å². The van der Waals surface area contributed by atoms with Gasteiger partial charge in [-0.3, -0.25) is 29.4 Å². The second-order valence-corrected chi connectivity index (χ2v) is 8.19. The zero-order chi connectivity index (χ0) is 25.3. The van der Waals surface area contributed by atoms with Gasteiger partial charge >= 0.3 is 0 Å². The number of rotatable bonds is 5. The van der Waals surface area contributed by atoms with Crippen LogP contribution in [0.2, 0.25) is 5.02 Å². The first kappa shape index (κ1) is 23.7. The van der Waals surface area contributed by atoms with Gasteiger partial charge in [-0.25, -0.2) is 0 Å². The molecule has 3 aromatic rings. The first-order chi connectivity index (χ1) is 16.7. The van der Waals surface area contributed by atoms with Crippen molar-refractivity contribution in [3.8, 4) is 0 Å². The highest BCUT2D eigenvalue weighted by atomic mass is 35.5. The first-order valence-corrected chi connectivity index (χ1v) is 10.7. The summed E-state index contributed by atoms with van der Waals surface area (Å²) in [6.45, 7) is 1.35. The summed E-state index contributed by atoms with van der Waals surface area (Å²) in [4.78, 5) is 49.6. The maximum absolute atomic E-state index is 13.2. The van der Waals surface area contributed by atoms with E-state index in [1.54, 1.807) is 12.1 Å². The van der Waals surface area contributed by atoms with E-state index in [0.29, 0.717) is 16.4 Å². The number of carbonyl (C=O) groups excluding carboxylic acids is 3.